The van der Waals surface area contributed by atoms with E-state index < -0.39 is 0 Å². The Hall–Kier alpha value is -1.64. The SMILES string of the molecule is CCC(C)(CC)NC(=O)c1ccccc1C=O. The van der Waals surface area contributed by atoms with Gasteiger partial charge in [0.05, 0.1) is 0 Å². The van der Waals surface area contributed by atoms with Crippen molar-refractivity contribution in [3.8, 4) is 0 Å². The molecule has 0 saturated carbocycles. The van der Waals surface area contributed by atoms with Gasteiger partial charge in [0.2, 0.25) is 0 Å². The largest absolute Gasteiger partial charge is 0.347 e. The molecule has 0 atom stereocenters. The minimum Gasteiger partial charge on any atom is -0.347 e. The van der Waals surface area contributed by atoms with Crippen molar-refractivity contribution in [3.63, 3.8) is 0 Å². The first-order valence-corrected chi connectivity index (χ1v) is 5.93. The van der Waals surface area contributed by atoms with E-state index in [-0.39, 0.29) is 11.4 Å². The summed E-state index contributed by atoms with van der Waals surface area (Å²) in [6, 6.07) is 6.83. The predicted molar refractivity (Wildman–Crippen MR) is 68.3 cm³/mol. The van der Waals surface area contributed by atoms with E-state index in [9.17, 15) is 9.59 Å². The highest BCUT2D eigenvalue weighted by atomic mass is 16.2. The maximum atomic E-state index is 12.1. The number of hydrogen-bond donors (Lipinski definition) is 1. The summed E-state index contributed by atoms with van der Waals surface area (Å²) in [5, 5.41) is 2.99. The van der Waals surface area contributed by atoms with Gasteiger partial charge in [-0.1, -0.05) is 32.0 Å². The van der Waals surface area contributed by atoms with Crippen molar-refractivity contribution in [1.82, 2.24) is 5.32 Å². The van der Waals surface area contributed by atoms with Crippen molar-refractivity contribution >= 4 is 12.2 Å². The Morgan fingerprint density at radius 3 is 2.41 bits per heavy atom. The van der Waals surface area contributed by atoms with Crippen LogP contribution in [0, 0.1) is 0 Å². The van der Waals surface area contributed by atoms with Gasteiger partial charge in [-0.2, -0.15) is 0 Å². The van der Waals surface area contributed by atoms with Gasteiger partial charge in [0.1, 0.15) is 0 Å². The highest BCUT2D eigenvalue weighted by Crippen LogP contribution is 2.15. The fourth-order valence-electron chi connectivity index (χ4n) is 1.57. The Balaban J connectivity index is 2.94. The Bertz CT molecular complexity index is 408. The zero-order chi connectivity index (χ0) is 12.9. The second-order valence-corrected chi connectivity index (χ2v) is 4.43. The summed E-state index contributed by atoms with van der Waals surface area (Å²) in [6.07, 6.45) is 2.43. The van der Waals surface area contributed by atoms with E-state index in [1.165, 1.54) is 0 Å². The molecule has 3 heteroatoms. The van der Waals surface area contributed by atoms with Gasteiger partial charge in [0.25, 0.3) is 5.91 Å². The molecule has 1 aromatic carbocycles. The second kappa shape index (κ2) is 5.62. The molecular formula is C14H19NO2. The van der Waals surface area contributed by atoms with Crippen LogP contribution in [-0.4, -0.2) is 17.7 Å². The van der Waals surface area contributed by atoms with Gasteiger partial charge in [0.15, 0.2) is 6.29 Å². The normalized spacial score (nSPS) is 11.0. The average Bonchev–Trinajstić information content (AvgIpc) is 2.38. The fourth-order valence-corrected chi connectivity index (χ4v) is 1.57. The number of hydrogen-bond acceptors (Lipinski definition) is 2. The zero-order valence-electron chi connectivity index (χ0n) is 10.6. The molecule has 0 unspecified atom stereocenters. The molecular weight excluding hydrogens is 214 g/mol. The van der Waals surface area contributed by atoms with Crippen LogP contribution in [0.3, 0.4) is 0 Å². The first-order chi connectivity index (χ1) is 8.06. The third kappa shape index (κ3) is 3.16. The molecule has 0 aliphatic rings. The molecule has 0 aromatic heterocycles. The van der Waals surface area contributed by atoms with Crippen LogP contribution in [0.15, 0.2) is 24.3 Å². The summed E-state index contributed by atoms with van der Waals surface area (Å²) in [5.41, 5.74) is 0.655. The molecule has 0 heterocycles. The van der Waals surface area contributed by atoms with Gasteiger partial charge in [-0.15, -0.1) is 0 Å². The van der Waals surface area contributed by atoms with Crippen LogP contribution in [0.1, 0.15) is 54.3 Å². The van der Waals surface area contributed by atoms with Crippen molar-refractivity contribution in [3.05, 3.63) is 35.4 Å². The summed E-state index contributed by atoms with van der Waals surface area (Å²) in [5.74, 6) is -0.182. The average molecular weight is 233 g/mol. The van der Waals surface area contributed by atoms with Crippen molar-refractivity contribution in [2.24, 2.45) is 0 Å². The molecule has 1 amide bonds. The summed E-state index contributed by atoms with van der Waals surface area (Å²) in [4.78, 5) is 22.9. The van der Waals surface area contributed by atoms with Crippen LogP contribution in [0.2, 0.25) is 0 Å². The smallest absolute Gasteiger partial charge is 0.252 e. The Morgan fingerprint density at radius 2 is 1.88 bits per heavy atom. The Labute approximate surface area is 102 Å². The molecule has 0 fully saturated rings. The number of rotatable bonds is 5. The monoisotopic (exact) mass is 233 g/mol. The molecule has 1 aromatic rings. The molecule has 0 aliphatic heterocycles. The van der Waals surface area contributed by atoms with Gasteiger partial charge in [-0.25, -0.2) is 0 Å². The van der Waals surface area contributed by atoms with Crippen LogP contribution in [0.4, 0.5) is 0 Å². The highest BCUT2D eigenvalue weighted by molar-refractivity contribution is 6.01. The van der Waals surface area contributed by atoms with Gasteiger partial charge in [-0.05, 0) is 25.8 Å². The maximum absolute atomic E-state index is 12.1. The lowest BCUT2D eigenvalue weighted by atomic mass is 9.94. The molecule has 3 nitrogen and oxygen atoms in total. The summed E-state index contributed by atoms with van der Waals surface area (Å²) in [7, 11) is 0. The highest BCUT2D eigenvalue weighted by Gasteiger charge is 2.23. The molecule has 92 valence electrons. The summed E-state index contributed by atoms with van der Waals surface area (Å²) >= 11 is 0. The number of carbonyl (C=O) groups excluding carboxylic acids is 2. The van der Waals surface area contributed by atoms with Gasteiger partial charge in [-0.3, -0.25) is 9.59 Å². The molecule has 0 spiro atoms. The van der Waals surface area contributed by atoms with Crippen molar-refractivity contribution in [1.29, 1.82) is 0 Å². The minimum atomic E-state index is -0.215. The van der Waals surface area contributed by atoms with Crippen molar-refractivity contribution < 1.29 is 9.59 Å². The standard InChI is InChI=1S/C14H19NO2/c1-4-14(3,5-2)15-13(17)12-9-7-6-8-11(12)10-16/h6-10H,4-5H2,1-3H3,(H,15,17). The van der Waals surface area contributed by atoms with E-state index >= 15 is 0 Å². The van der Waals surface area contributed by atoms with E-state index in [4.69, 9.17) is 0 Å². The lowest BCUT2D eigenvalue weighted by molar-refractivity contribution is 0.0896. The summed E-state index contributed by atoms with van der Waals surface area (Å²) < 4.78 is 0. The van der Waals surface area contributed by atoms with E-state index in [0.29, 0.717) is 17.4 Å². The van der Waals surface area contributed by atoms with E-state index in [0.717, 1.165) is 12.8 Å². The predicted octanol–water partition coefficient (Wildman–Crippen LogP) is 2.81. The van der Waals surface area contributed by atoms with Crippen molar-refractivity contribution in [2.45, 2.75) is 39.2 Å². The molecule has 1 N–H and O–H groups in total. The lowest BCUT2D eigenvalue weighted by Gasteiger charge is -2.28. The Morgan fingerprint density at radius 1 is 1.29 bits per heavy atom. The molecule has 1 rings (SSSR count). The van der Waals surface area contributed by atoms with Crippen molar-refractivity contribution in [2.75, 3.05) is 0 Å². The van der Waals surface area contributed by atoms with Gasteiger partial charge < -0.3 is 5.32 Å². The minimum absolute atomic E-state index is 0.182. The number of amides is 1. The molecule has 0 bridgehead atoms. The van der Waals surface area contributed by atoms with Crippen LogP contribution in [0.5, 0.6) is 0 Å². The number of carbonyl (C=O) groups is 2. The van der Waals surface area contributed by atoms with E-state index in [1.54, 1.807) is 24.3 Å². The maximum Gasteiger partial charge on any atom is 0.252 e. The number of nitrogens with one attached hydrogen (secondary N) is 1. The third-order valence-electron chi connectivity index (χ3n) is 3.31. The van der Waals surface area contributed by atoms with Gasteiger partial charge >= 0.3 is 0 Å². The fraction of sp³-hybridized carbons (Fsp3) is 0.429. The molecule has 0 saturated heterocycles. The summed E-state index contributed by atoms with van der Waals surface area (Å²) in [6.45, 7) is 6.08. The third-order valence-corrected chi connectivity index (χ3v) is 3.31. The van der Waals surface area contributed by atoms with Crippen LogP contribution in [-0.2, 0) is 0 Å². The van der Waals surface area contributed by atoms with E-state index in [2.05, 4.69) is 5.32 Å². The van der Waals surface area contributed by atoms with Crippen LogP contribution < -0.4 is 5.32 Å². The van der Waals surface area contributed by atoms with E-state index in [1.807, 2.05) is 20.8 Å². The van der Waals surface area contributed by atoms with Crippen LogP contribution in [0.25, 0.3) is 0 Å². The van der Waals surface area contributed by atoms with Crippen LogP contribution >= 0.6 is 0 Å². The molecule has 17 heavy (non-hydrogen) atoms. The molecule has 0 aliphatic carbocycles. The zero-order valence-corrected chi connectivity index (χ0v) is 10.6. The quantitative estimate of drug-likeness (QED) is 0.795. The number of aldehydes is 1. The molecule has 0 radical (unpaired) electrons. The lowest BCUT2D eigenvalue weighted by Crippen LogP contribution is -2.45. The second-order valence-electron chi connectivity index (χ2n) is 4.43. The Kier molecular flexibility index (Phi) is 4.44. The number of benzene rings is 1. The van der Waals surface area contributed by atoms with Gasteiger partial charge in [0, 0.05) is 16.7 Å². The topological polar surface area (TPSA) is 46.2 Å². The first-order valence-electron chi connectivity index (χ1n) is 5.93. The first kappa shape index (κ1) is 13.4.